The van der Waals surface area contributed by atoms with E-state index in [1.165, 1.54) is 0 Å². The first kappa shape index (κ1) is 19.2. The van der Waals surface area contributed by atoms with Gasteiger partial charge in [0.05, 0.1) is 11.8 Å². The molecular formula is C19H27N3O3S. The van der Waals surface area contributed by atoms with Gasteiger partial charge in [-0.15, -0.1) is 0 Å². The van der Waals surface area contributed by atoms with Crippen LogP contribution in [0.25, 0.3) is 0 Å². The molecule has 0 saturated carbocycles. The molecule has 3 N–H and O–H groups in total. The monoisotopic (exact) mass is 377 g/mol. The third-order valence-electron chi connectivity index (χ3n) is 5.25. The smallest absolute Gasteiger partial charge is 0.232 e. The van der Waals surface area contributed by atoms with Crippen molar-refractivity contribution in [3.63, 3.8) is 0 Å². The van der Waals surface area contributed by atoms with Crippen LogP contribution in [0, 0.1) is 5.41 Å². The summed E-state index contributed by atoms with van der Waals surface area (Å²) in [5.74, 6) is 2.17. The zero-order chi connectivity index (χ0) is 18.4. The maximum absolute atomic E-state index is 12.7. The maximum atomic E-state index is 12.7. The van der Waals surface area contributed by atoms with Crippen molar-refractivity contribution in [3.05, 3.63) is 29.8 Å². The third kappa shape index (κ3) is 4.58. The van der Waals surface area contributed by atoms with Gasteiger partial charge in [0.1, 0.15) is 0 Å². The lowest BCUT2D eigenvalue weighted by molar-refractivity contribution is -0.130. The van der Waals surface area contributed by atoms with Crippen LogP contribution in [0.1, 0.15) is 18.4 Å². The first-order valence-electron chi connectivity index (χ1n) is 9.17. The summed E-state index contributed by atoms with van der Waals surface area (Å²) in [4.78, 5) is 27.0. The summed E-state index contributed by atoms with van der Waals surface area (Å²) < 4.78 is 5.36. The molecule has 0 spiro atoms. The molecule has 2 heterocycles. The molecule has 1 aromatic rings. The fourth-order valence-electron chi connectivity index (χ4n) is 3.35. The number of thioether (sulfide) groups is 1. The van der Waals surface area contributed by atoms with Gasteiger partial charge in [0.25, 0.3) is 0 Å². The van der Waals surface area contributed by atoms with Crippen LogP contribution in [0.5, 0.6) is 0 Å². The van der Waals surface area contributed by atoms with E-state index in [4.69, 9.17) is 10.5 Å². The molecule has 0 aromatic heterocycles. The Kier molecular flexibility index (Phi) is 6.56. The number of nitrogens with zero attached hydrogens (tertiary/aromatic N) is 1. The maximum Gasteiger partial charge on any atom is 0.232 e. The summed E-state index contributed by atoms with van der Waals surface area (Å²) >= 11 is 1.89. The molecule has 26 heavy (non-hydrogen) atoms. The van der Waals surface area contributed by atoms with Crippen molar-refractivity contribution in [2.24, 2.45) is 11.1 Å². The van der Waals surface area contributed by atoms with Crippen LogP contribution in [-0.4, -0.2) is 61.1 Å². The minimum absolute atomic E-state index is 0.0436. The first-order chi connectivity index (χ1) is 12.6. The normalized spacial score (nSPS) is 19.8. The van der Waals surface area contributed by atoms with E-state index in [9.17, 15) is 9.59 Å². The standard InChI is InChI=1S/C19H27N3O3S/c20-14-19(5-9-25-10-6-19)18(24)21-16-3-1-15(2-4-16)13-17(23)22-7-11-26-12-8-22/h1-4H,5-14,20H2,(H,21,24). The van der Waals surface area contributed by atoms with Gasteiger partial charge in [0.2, 0.25) is 11.8 Å². The number of carbonyl (C=O) groups is 2. The predicted molar refractivity (Wildman–Crippen MR) is 104 cm³/mol. The second-order valence-electron chi connectivity index (χ2n) is 6.92. The molecule has 3 rings (SSSR count). The van der Waals surface area contributed by atoms with E-state index in [-0.39, 0.29) is 11.8 Å². The zero-order valence-electron chi connectivity index (χ0n) is 15.0. The molecule has 2 fully saturated rings. The number of amides is 2. The molecule has 0 unspecified atom stereocenters. The van der Waals surface area contributed by atoms with Crippen molar-refractivity contribution >= 4 is 29.3 Å². The van der Waals surface area contributed by atoms with Crippen molar-refractivity contribution in [1.82, 2.24) is 4.90 Å². The Bertz CT molecular complexity index is 623. The van der Waals surface area contributed by atoms with E-state index >= 15 is 0 Å². The van der Waals surface area contributed by atoms with Gasteiger partial charge in [-0.25, -0.2) is 0 Å². The van der Waals surface area contributed by atoms with Gasteiger partial charge < -0.3 is 20.7 Å². The lowest BCUT2D eigenvalue weighted by Gasteiger charge is -2.34. The molecule has 0 atom stereocenters. The Balaban J connectivity index is 1.57. The molecule has 142 valence electrons. The molecule has 0 radical (unpaired) electrons. The van der Waals surface area contributed by atoms with E-state index in [1.54, 1.807) is 0 Å². The third-order valence-corrected chi connectivity index (χ3v) is 6.20. The Morgan fingerprint density at radius 3 is 2.42 bits per heavy atom. The number of carbonyl (C=O) groups excluding carboxylic acids is 2. The van der Waals surface area contributed by atoms with Crippen molar-refractivity contribution in [2.75, 3.05) is 49.7 Å². The highest BCUT2D eigenvalue weighted by Gasteiger charge is 2.38. The van der Waals surface area contributed by atoms with E-state index in [0.717, 1.165) is 35.8 Å². The number of ether oxygens (including phenoxy) is 1. The van der Waals surface area contributed by atoms with Crippen LogP contribution in [0.2, 0.25) is 0 Å². The minimum Gasteiger partial charge on any atom is -0.381 e. The highest BCUT2D eigenvalue weighted by atomic mass is 32.2. The highest BCUT2D eigenvalue weighted by molar-refractivity contribution is 7.99. The lowest BCUT2D eigenvalue weighted by atomic mass is 9.79. The average molecular weight is 378 g/mol. The number of rotatable bonds is 5. The summed E-state index contributed by atoms with van der Waals surface area (Å²) in [6.07, 6.45) is 1.70. The number of anilines is 1. The van der Waals surface area contributed by atoms with Crippen LogP contribution < -0.4 is 11.1 Å². The summed E-state index contributed by atoms with van der Waals surface area (Å²) in [7, 11) is 0. The molecular weight excluding hydrogens is 350 g/mol. The van der Waals surface area contributed by atoms with Crippen molar-refractivity contribution in [2.45, 2.75) is 19.3 Å². The van der Waals surface area contributed by atoms with E-state index in [0.29, 0.717) is 39.0 Å². The number of hydrogen-bond acceptors (Lipinski definition) is 5. The van der Waals surface area contributed by atoms with Crippen LogP contribution in [-0.2, 0) is 20.7 Å². The molecule has 0 aliphatic carbocycles. The van der Waals surface area contributed by atoms with Gasteiger partial charge in [0, 0.05) is 50.0 Å². The molecule has 2 aliphatic rings. The molecule has 0 bridgehead atoms. The van der Waals surface area contributed by atoms with Gasteiger partial charge in [0.15, 0.2) is 0 Å². The Labute approximate surface area is 158 Å². The second kappa shape index (κ2) is 8.88. The van der Waals surface area contributed by atoms with Crippen LogP contribution in [0.3, 0.4) is 0 Å². The van der Waals surface area contributed by atoms with E-state index in [2.05, 4.69) is 5.32 Å². The molecule has 2 amide bonds. The Morgan fingerprint density at radius 2 is 1.81 bits per heavy atom. The van der Waals surface area contributed by atoms with Gasteiger partial charge >= 0.3 is 0 Å². The van der Waals surface area contributed by atoms with Gasteiger partial charge in [-0.3, -0.25) is 9.59 Å². The first-order valence-corrected chi connectivity index (χ1v) is 10.3. The molecule has 6 nitrogen and oxygen atoms in total. The topological polar surface area (TPSA) is 84.7 Å². The highest BCUT2D eigenvalue weighted by Crippen LogP contribution is 2.31. The summed E-state index contributed by atoms with van der Waals surface area (Å²) in [5, 5.41) is 2.97. The zero-order valence-corrected chi connectivity index (χ0v) is 15.9. The van der Waals surface area contributed by atoms with Crippen LogP contribution in [0.15, 0.2) is 24.3 Å². The predicted octanol–water partition coefficient (Wildman–Crippen LogP) is 1.50. The number of benzene rings is 1. The summed E-state index contributed by atoms with van der Waals surface area (Å²) in [6.45, 7) is 3.13. The summed E-state index contributed by atoms with van der Waals surface area (Å²) in [5.41, 5.74) is 7.04. The lowest BCUT2D eigenvalue weighted by Crippen LogP contribution is -2.46. The van der Waals surface area contributed by atoms with Crippen molar-refractivity contribution < 1.29 is 14.3 Å². The minimum atomic E-state index is -0.542. The number of hydrogen-bond donors (Lipinski definition) is 2. The van der Waals surface area contributed by atoms with Gasteiger partial charge in [-0.2, -0.15) is 11.8 Å². The summed E-state index contributed by atoms with van der Waals surface area (Å²) in [6, 6.07) is 7.53. The number of nitrogens with one attached hydrogen (secondary N) is 1. The van der Waals surface area contributed by atoms with Crippen LogP contribution in [0.4, 0.5) is 5.69 Å². The van der Waals surface area contributed by atoms with E-state index < -0.39 is 5.41 Å². The SMILES string of the molecule is NCC1(C(=O)Nc2ccc(CC(=O)N3CCSCC3)cc2)CCOCC1. The molecule has 1 aromatic carbocycles. The Hall–Kier alpha value is -1.57. The fourth-order valence-corrected chi connectivity index (χ4v) is 4.26. The second-order valence-corrected chi connectivity index (χ2v) is 8.14. The van der Waals surface area contributed by atoms with Gasteiger partial charge in [-0.05, 0) is 30.5 Å². The molecule has 7 heteroatoms. The van der Waals surface area contributed by atoms with Crippen molar-refractivity contribution in [3.8, 4) is 0 Å². The van der Waals surface area contributed by atoms with Gasteiger partial charge in [-0.1, -0.05) is 12.1 Å². The average Bonchev–Trinajstić information content (AvgIpc) is 2.70. The number of nitrogens with two attached hydrogens (primary N) is 1. The molecule has 2 aliphatic heterocycles. The quantitative estimate of drug-likeness (QED) is 0.812. The van der Waals surface area contributed by atoms with E-state index in [1.807, 2.05) is 40.9 Å². The fraction of sp³-hybridized carbons (Fsp3) is 0.579. The largest absolute Gasteiger partial charge is 0.381 e. The molecule has 2 saturated heterocycles. The Morgan fingerprint density at radius 1 is 1.15 bits per heavy atom. The van der Waals surface area contributed by atoms with Crippen LogP contribution >= 0.6 is 11.8 Å². The van der Waals surface area contributed by atoms with Crippen molar-refractivity contribution in [1.29, 1.82) is 0 Å².